The Hall–Kier alpha value is 0.923. The van der Waals surface area contributed by atoms with Gasteiger partial charge in [-0.15, -0.1) is 24.0 Å². The minimum absolute atomic E-state index is 0. The monoisotopic (exact) mass is 316 g/mol. The Morgan fingerprint density at radius 2 is 1.80 bits per heavy atom. The molecule has 0 spiro atoms. The van der Waals surface area contributed by atoms with E-state index >= 15 is 0 Å². The molecule has 0 nitrogen and oxygen atoms in total. The van der Waals surface area contributed by atoms with E-state index in [0.29, 0.717) is 0 Å². The van der Waals surface area contributed by atoms with Crippen molar-refractivity contribution in [2.45, 2.75) is 0 Å². The van der Waals surface area contributed by atoms with Gasteiger partial charge in [-0.2, -0.15) is 0 Å². The van der Waals surface area contributed by atoms with Gasteiger partial charge in [0.15, 0.2) is 0 Å². The molecule has 0 unspecified atom stereocenters. The molecular formula is C7H9ISZn. The third-order valence-corrected chi connectivity index (χ3v) is 6.68. The summed E-state index contributed by atoms with van der Waals surface area (Å²) in [6.07, 6.45) is 2.20. The average Bonchev–Trinajstić information content (AvgIpc) is 1.91. The molecule has 0 radical (unpaired) electrons. The fourth-order valence-corrected chi connectivity index (χ4v) is 5.15. The van der Waals surface area contributed by atoms with Crippen LogP contribution >= 0.6 is 33.7 Å². The van der Waals surface area contributed by atoms with Gasteiger partial charge >= 0.3 is 66.4 Å². The molecule has 0 atom stereocenters. The van der Waals surface area contributed by atoms with Gasteiger partial charge in [-0.1, -0.05) is 0 Å². The third kappa shape index (κ3) is 3.94. The molecule has 0 saturated carbocycles. The molecule has 0 aromatic heterocycles. The van der Waals surface area contributed by atoms with E-state index in [9.17, 15) is 0 Å². The maximum absolute atomic E-state index is 2.23. The van der Waals surface area contributed by atoms with Crippen LogP contribution in [0.25, 0.3) is 0 Å². The summed E-state index contributed by atoms with van der Waals surface area (Å²) in [5.74, 6) is 0. The van der Waals surface area contributed by atoms with Crippen LogP contribution in [0.2, 0.25) is 0 Å². The first-order valence-electron chi connectivity index (χ1n) is 2.96. The van der Waals surface area contributed by atoms with E-state index in [4.69, 9.17) is 0 Å². The number of hydrogen-bond acceptors (Lipinski definition) is 1. The summed E-state index contributed by atoms with van der Waals surface area (Å²) in [5.41, 5.74) is 0. The van der Waals surface area contributed by atoms with Crippen LogP contribution in [0.3, 0.4) is 0 Å². The fraction of sp³-hybridized carbons (Fsp3) is 0.143. The van der Waals surface area contributed by atoms with Gasteiger partial charge < -0.3 is 0 Å². The molecule has 0 aliphatic carbocycles. The number of rotatable bonds is 2. The zero-order chi connectivity index (χ0) is 6.53. The van der Waals surface area contributed by atoms with E-state index in [1.807, 2.05) is 9.75 Å². The van der Waals surface area contributed by atoms with E-state index in [2.05, 4.69) is 36.6 Å². The van der Waals surface area contributed by atoms with Gasteiger partial charge in [-0.3, -0.25) is 0 Å². The Morgan fingerprint density at radius 3 is 2.30 bits per heavy atom. The van der Waals surface area contributed by atoms with Crippen LogP contribution in [0.5, 0.6) is 0 Å². The van der Waals surface area contributed by atoms with Crippen molar-refractivity contribution in [2.24, 2.45) is 0 Å². The Balaban J connectivity index is 0.000000810. The molecule has 0 saturated heterocycles. The van der Waals surface area contributed by atoms with E-state index < -0.39 is 0 Å². The second kappa shape index (κ2) is 6.62. The third-order valence-electron chi connectivity index (χ3n) is 1.15. The summed E-state index contributed by atoms with van der Waals surface area (Å²) in [6.45, 7) is 0. The van der Waals surface area contributed by atoms with Crippen molar-refractivity contribution in [3.05, 3.63) is 30.3 Å². The molecule has 0 N–H and O–H groups in total. The predicted molar refractivity (Wildman–Crippen MR) is 55.0 cm³/mol. The molecule has 1 aromatic rings. The first-order chi connectivity index (χ1) is 4.43. The second-order valence-corrected chi connectivity index (χ2v) is 9.95. The standard InChI is InChI=1S/C6H5.CH4S.HI.Zn/c1-2-4-6-5-3-1;1-2;;/h1-5H;2H,1H3;1H;/q;;;+1/p-1. The smallest absolute Gasteiger partial charge is 0.107 e. The number of hydrogen-bond donors (Lipinski definition) is 0. The van der Waals surface area contributed by atoms with E-state index in [1.165, 1.54) is 0 Å². The molecule has 0 heterocycles. The molecule has 0 amide bonds. The first kappa shape index (κ1) is 10.9. The van der Waals surface area contributed by atoms with Gasteiger partial charge in [0.2, 0.25) is 0 Å². The van der Waals surface area contributed by atoms with Gasteiger partial charge in [0, 0.05) is 0 Å². The molecule has 1 rings (SSSR count). The number of benzene rings is 1. The molecule has 1 aromatic carbocycles. The van der Waals surface area contributed by atoms with Crippen LogP contribution in [-0.2, 0) is 15.9 Å². The average molecular weight is 318 g/mol. The Bertz CT molecular complexity index is 167. The van der Waals surface area contributed by atoms with Gasteiger partial charge in [0.25, 0.3) is 0 Å². The van der Waals surface area contributed by atoms with Gasteiger partial charge in [0.1, 0.15) is 0 Å². The maximum atomic E-state index is 2.23. The summed E-state index contributed by atoms with van der Waals surface area (Å²) in [4.78, 5) is 0. The minimum Gasteiger partial charge on any atom is -0.107 e. The molecule has 3 heteroatoms. The summed E-state index contributed by atoms with van der Waals surface area (Å²) >= 11 is -0.373. The predicted octanol–water partition coefficient (Wildman–Crippen LogP) is 2.29. The van der Waals surface area contributed by atoms with Crippen molar-refractivity contribution in [3.8, 4) is 0 Å². The van der Waals surface area contributed by atoms with Crippen LogP contribution in [0.15, 0.2) is 30.3 Å². The first-order valence-corrected chi connectivity index (χ1v) is 9.47. The normalized spacial score (nSPS) is 7.70. The summed E-state index contributed by atoms with van der Waals surface area (Å²) in [5, 5.41) is 0. The zero-order valence-electron chi connectivity index (χ0n) is 5.91. The quantitative estimate of drug-likeness (QED) is 0.596. The van der Waals surface area contributed by atoms with Crippen molar-refractivity contribution < 1.29 is 15.9 Å². The van der Waals surface area contributed by atoms with Crippen molar-refractivity contribution in [2.75, 3.05) is 6.26 Å². The van der Waals surface area contributed by atoms with Crippen LogP contribution < -0.4 is 4.16 Å². The Morgan fingerprint density at radius 1 is 1.20 bits per heavy atom. The van der Waals surface area contributed by atoms with Crippen molar-refractivity contribution in [1.82, 2.24) is 0 Å². The molecule has 0 aliphatic rings. The molecule has 10 heavy (non-hydrogen) atoms. The Kier molecular flexibility index (Phi) is 7.23. The van der Waals surface area contributed by atoms with Crippen LogP contribution in [0.1, 0.15) is 0 Å². The number of halogens is 1. The van der Waals surface area contributed by atoms with Crippen LogP contribution in [0.4, 0.5) is 0 Å². The van der Waals surface area contributed by atoms with E-state index in [-0.39, 0.29) is 39.9 Å². The largest absolute Gasteiger partial charge is 0.107 e. The van der Waals surface area contributed by atoms with Crippen molar-refractivity contribution >= 4 is 37.9 Å². The summed E-state index contributed by atoms with van der Waals surface area (Å²) in [7, 11) is 2.04. The van der Waals surface area contributed by atoms with Crippen molar-refractivity contribution in [3.63, 3.8) is 0 Å². The SMILES string of the molecule is C[S][Zn][c]1ccccc1.I. The summed E-state index contributed by atoms with van der Waals surface area (Å²) < 4.78 is 1.59. The van der Waals surface area contributed by atoms with Crippen LogP contribution in [0, 0.1) is 0 Å². The van der Waals surface area contributed by atoms with Crippen molar-refractivity contribution in [1.29, 1.82) is 0 Å². The van der Waals surface area contributed by atoms with Crippen LogP contribution in [-0.4, -0.2) is 6.26 Å². The van der Waals surface area contributed by atoms with E-state index in [0.717, 1.165) is 0 Å². The topological polar surface area (TPSA) is 0 Å². The zero-order valence-corrected chi connectivity index (χ0v) is 12.0. The molecule has 0 fully saturated rings. The minimum atomic E-state index is -0.373. The maximum Gasteiger partial charge on any atom is -0.107 e. The molecule has 52 valence electrons. The molecular weight excluding hydrogens is 308 g/mol. The molecule has 0 bridgehead atoms. The van der Waals surface area contributed by atoms with Gasteiger partial charge in [0.05, 0.1) is 0 Å². The second-order valence-electron chi connectivity index (χ2n) is 1.92. The fourth-order valence-electron chi connectivity index (χ4n) is 0.741. The summed E-state index contributed by atoms with van der Waals surface area (Å²) in [6, 6.07) is 10.8. The van der Waals surface area contributed by atoms with Gasteiger partial charge in [-0.25, -0.2) is 0 Å². The van der Waals surface area contributed by atoms with Gasteiger partial charge in [-0.05, 0) is 0 Å². The van der Waals surface area contributed by atoms with E-state index in [1.54, 1.807) is 4.16 Å². The molecule has 0 aliphatic heterocycles. The Labute approximate surface area is 89.6 Å².